The molecule has 4 atom stereocenters. The Morgan fingerprint density at radius 2 is 1.56 bits per heavy atom. The van der Waals surface area contributed by atoms with Crippen LogP contribution in [0, 0.1) is 5.92 Å². The summed E-state index contributed by atoms with van der Waals surface area (Å²) < 4.78 is 16.7. The van der Waals surface area contributed by atoms with E-state index in [1.807, 2.05) is 36.4 Å². The summed E-state index contributed by atoms with van der Waals surface area (Å²) in [6.45, 7) is -0.0176. The molecule has 3 aromatic carbocycles. The summed E-state index contributed by atoms with van der Waals surface area (Å²) in [6, 6.07) is 24.6. The van der Waals surface area contributed by atoms with Crippen LogP contribution in [0.15, 0.2) is 97.1 Å². The molecule has 9 nitrogen and oxygen atoms in total. The van der Waals surface area contributed by atoms with Gasteiger partial charge in [0.05, 0.1) is 18.8 Å². The molecule has 3 aromatic rings. The van der Waals surface area contributed by atoms with Gasteiger partial charge in [0.25, 0.3) is 5.91 Å². The molecule has 0 saturated heterocycles. The third-order valence-electron chi connectivity index (χ3n) is 6.97. The number of rotatable bonds is 15. The van der Waals surface area contributed by atoms with Crippen LogP contribution < -0.4 is 14.8 Å². The second-order valence-corrected chi connectivity index (χ2v) is 10.3. The number of benzene rings is 3. The van der Waals surface area contributed by atoms with E-state index in [1.54, 1.807) is 60.7 Å². The van der Waals surface area contributed by atoms with Gasteiger partial charge in [0, 0.05) is 30.0 Å². The standard InChI is InChI=1S/C34H37NO8/c36-26(22-41-27-13-7-4-8-14-27)23-42-33-29(30(37)21-31(33)38)15-9-1-2-10-16-32(39)43-28-19-17-25(18-20-28)35-34(40)24-11-5-3-6-12-24/h1-8,11-14,17-20,26,29,31,33,36,38H,9-10,15-16,21-23H2,(H,35,40)/b2-1-. The van der Waals surface area contributed by atoms with Crippen LogP contribution in [-0.2, 0) is 14.3 Å². The van der Waals surface area contributed by atoms with E-state index in [9.17, 15) is 24.6 Å². The molecule has 3 N–H and O–H groups in total. The van der Waals surface area contributed by atoms with Gasteiger partial charge in [0.1, 0.15) is 30.0 Å². The van der Waals surface area contributed by atoms with E-state index < -0.39 is 24.2 Å². The highest BCUT2D eigenvalue weighted by atomic mass is 16.5. The minimum Gasteiger partial charge on any atom is -0.491 e. The van der Waals surface area contributed by atoms with Crippen molar-refractivity contribution in [2.75, 3.05) is 18.5 Å². The Balaban J connectivity index is 1.12. The van der Waals surface area contributed by atoms with E-state index >= 15 is 0 Å². The lowest BCUT2D eigenvalue weighted by Gasteiger charge is -2.23. The number of nitrogens with one attached hydrogen (secondary N) is 1. The van der Waals surface area contributed by atoms with Gasteiger partial charge in [-0.3, -0.25) is 14.4 Å². The summed E-state index contributed by atoms with van der Waals surface area (Å²) in [5, 5.41) is 23.3. The number of carbonyl (C=O) groups is 3. The number of amides is 1. The van der Waals surface area contributed by atoms with Crippen molar-refractivity contribution in [1.29, 1.82) is 0 Å². The highest BCUT2D eigenvalue weighted by Gasteiger charge is 2.42. The first-order valence-electron chi connectivity index (χ1n) is 14.4. The lowest BCUT2D eigenvalue weighted by Crippen LogP contribution is -2.34. The second-order valence-electron chi connectivity index (χ2n) is 10.3. The molecule has 0 radical (unpaired) electrons. The number of aliphatic hydroxyl groups is 2. The molecule has 0 heterocycles. The van der Waals surface area contributed by atoms with E-state index in [0.717, 1.165) is 0 Å². The highest BCUT2D eigenvalue weighted by molar-refractivity contribution is 6.04. The maximum absolute atomic E-state index is 12.4. The molecule has 1 aliphatic rings. The number of para-hydroxylation sites is 1. The fourth-order valence-corrected chi connectivity index (χ4v) is 4.75. The normalized spacial score (nSPS) is 18.8. The van der Waals surface area contributed by atoms with Crippen LogP contribution in [0.25, 0.3) is 0 Å². The van der Waals surface area contributed by atoms with Crippen molar-refractivity contribution < 1.29 is 38.8 Å². The van der Waals surface area contributed by atoms with Gasteiger partial charge in [-0.1, -0.05) is 48.6 Å². The molecule has 1 saturated carbocycles. The molecule has 4 unspecified atom stereocenters. The van der Waals surface area contributed by atoms with Crippen molar-refractivity contribution in [3.8, 4) is 11.5 Å². The third kappa shape index (κ3) is 10.2. The maximum Gasteiger partial charge on any atom is 0.311 e. The van der Waals surface area contributed by atoms with Crippen LogP contribution in [0.2, 0.25) is 0 Å². The summed E-state index contributed by atoms with van der Waals surface area (Å²) in [6.07, 6.45) is 3.02. The molecule has 226 valence electrons. The van der Waals surface area contributed by atoms with Crippen molar-refractivity contribution >= 4 is 23.3 Å². The number of carbonyl (C=O) groups excluding carboxylic acids is 3. The Kier molecular flexibility index (Phi) is 12.0. The summed E-state index contributed by atoms with van der Waals surface area (Å²) >= 11 is 0. The van der Waals surface area contributed by atoms with Gasteiger partial charge in [-0.25, -0.2) is 0 Å². The van der Waals surface area contributed by atoms with E-state index in [0.29, 0.717) is 42.0 Å². The van der Waals surface area contributed by atoms with E-state index in [2.05, 4.69) is 5.32 Å². The van der Waals surface area contributed by atoms with Crippen LogP contribution in [-0.4, -0.2) is 59.4 Å². The number of hydrogen-bond donors (Lipinski definition) is 3. The number of hydrogen-bond acceptors (Lipinski definition) is 8. The zero-order valence-corrected chi connectivity index (χ0v) is 23.8. The van der Waals surface area contributed by atoms with Crippen LogP contribution in [0.3, 0.4) is 0 Å². The first kappa shape index (κ1) is 31.6. The largest absolute Gasteiger partial charge is 0.491 e. The van der Waals surface area contributed by atoms with Crippen molar-refractivity contribution in [2.45, 2.75) is 50.4 Å². The quantitative estimate of drug-likeness (QED) is 0.132. The maximum atomic E-state index is 12.4. The fourth-order valence-electron chi connectivity index (χ4n) is 4.75. The summed E-state index contributed by atoms with van der Waals surface area (Å²) in [7, 11) is 0. The molecular formula is C34H37NO8. The van der Waals surface area contributed by atoms with Gasteiger partial charge >= 0.3 is 5.97 Å². The van der Waals surface area contributed by atoms with Crippen molar-refractivity contribution in [1.82, 2.24) is 0 Å². The summed E-state index contributed by atoms with van der Waals surface area (Å²) in [5.41, 5.74) is 1.14. The molecule has 0 bridgehead atoms. The van der Waals surface area contributed by atoms with Gasteiger partial charge in [-0.05, 0) is 67.8 Å². The number of ketones is 1. The zero-order chi connectivity index (χ0) is 30.4. The van der Waals surface area contributed by atoms with Gasteiger partial charge in [0.15, 0.2) is 0 Å². The highest BCUT2D eigenvalue weighted by Crippen LogP contribution is 2.30. The number of aliphatic hydroxyl groups excluding tert-OH is 2. The third-order valence-corrected chi connectivity index (χ3v) is 6.97. The minimum absolute atomic E-state index is 0.0296. The molecule has 0 aromatic heterocycles. The van der Waals surface area contributed by atoms with Crippen LogP contribution in [0.4, 0.5) is 5.69 Å². The van der Waals surface area contributed by atoms with Gasteiger partial charge < -0.3 is 29.7 Å². The summed E-state index contributed by atoms with van der Waals surface area (Å²) in [5.74, 6) is -0.119. The smallest absolute Gasteiger partial charge is 0.311 e. The molecule has 4 rings (SSSR count). The Morgan fingerprint density at radius 1 is 0.884 bits per heavy atom. The molecule has 9 heteroatoms. The first-order valence-corrected chi connectivity index (χ1v) is 14.4. The predicted molar refractivity (Wildman–Crippen MR) is 161 cm³/mol. The Labute approximate surface area is 251 Å². The van der Waals surface area contributed by atoms with Crippen LogP contribution in [0.5, 0.6) is 11.5 Å². The Bertz CT molecular complexity index is 1340. The lowest BCUT2D eigenvalue weighted by molar-refractivity contribution is -0.134. The second kappa shape index (κ2) is 16.4. The molecule has 1 fully saturated rings. The van der Waals surface area contributed by atoms with E-state index in [-0.39, 0.29) is 43.7 Å². The number of esters is 1. The number of ether oxygens (including phenoxy) is 3. The Morgan fingerprint density at radius 3 is 2.28 bits per heavy atom. The van der Waals surface area contributed by atoms with Gasteiger partial charge in [0.2, 0.25) is 0 Å². The van der Waals surface area contributed by atoms with Crippen molar-refractivity contribution in [2.24, 2.45) is 5.92 Å². The van der Waals surface area contributed by atoms with Crippen molar-refractivity contribution in [3.05, 3.63) is 103 Å². The number of allylic oxidation sites excluding steroid dienone is 2. The first-order chi connectivity index (χ1) is 20.9. The van der Waals surface area contributed by atoms with Crippen molar-refractivity contribution in [3.63, 3.8) is 0 Å². The lowest BCUT2D eigenvalue weighted by atomic mass is 9.98. The molecular weight excluding hydrogens is 550 g/mol. The minimum atomic E-state index is -0.910. The zero-order valence-electron chi connectivity index (χ0n) is 23.8. The molecule has 0 spiro atoms. The molecule has 0 aliphatic heterocycles. The Hall–Kier alpha value is -4.31. The summed E-state index contributed by atoms with van der Waals surface area (Å²) in [4.78, 5) is 36.9. The molecule has 43 heavy (non-hydrogen) atoms. The molecule has 1 aliphatic carbocycles. The van der Waals surface area contributed by atoms with E-state index in [4.69, 9.17) is 14.2 Å². The van der Waals surface area contributed by atoms with Crippen LogP contribution in [0.1, 0.15) is 42.5 Å². The topological polar surface area (TPSA) is 131 Å². The van der Waals surface area contributed by atoms with E-state index in [1.165, 1.54) is 0 Å². The number of Topliss-reactive ketones (excluding diaryl/α,β-unsaturated/α-hetero) is 1. The fraction of sp³-hybridized carbons (Fsp3) is 0.324. The average molecular weight is 588 g/mol. The van der Waals surface area contributed by atoms with Crippen LogP contribution >= 0.6 is 0 Å². The number of anilines is 1. The SMILES string of the molecule is O=C(CC/C=C\CCC1C(=O)CC(O)C1OCC(O)COc1ccccc1)Oc1ccc(NC(=O)c2ccccc2)cc1. The monoisotopic (exact) mass is 587 g/mol. The van der Waals surface area contributed by atoms with Gasteiger partial charge in [-0.15, -0.1) is 0 Å². The predicted octanol–water partition coefficient (Wildman–Crippen LogP) is 4.74. The molecule has 1 amide bonds. The average Bonchev–Trinajstić information content (AvgIpc) is 3.29. The van der Waals surface area contributed by atoms with Gasteiger partial charge in [-0.2, -0.15) is 0 Å².